The van der Waals surface area contributed by atoms with Gasteiger partial charge in [-0.1, -0.05) is 0 Å². The van der Waals surface area contributed by atoms with Crippen LogP contribution >= 0.6 is 0 Å². The van der Waals surface area contributed by atoms with E-state index in [1.807, 2.05) is 0 Å². The number of amides is 1. The maximum absolute atomic E-state index is 13.6. The number of hydrogen-bond acceptors (Lipinski definition) is 3. The summed E-state index contributed by atoms with van der Waals surface area (Å²) in [4.78, 5) is 24.2. The van der Waals surface area contributed by atoms with Gasteiger partial charge in [-0.25, -0.2) is 13.2 Å². The summed E-state index contributed by atoms with van der Waals surface area (Å²) in [6, 6.07) is 4.87. The van der Waals surface area contributed by atoms with Crippen LogP contribution < -0.4 is 10.9 Å². The summed E-state index contributed by atoms with van der Waals surface area (Å²) in [6.45, 7) is 2.66. The van der Waals surface area contributed by atoms with Crippen LogP contribution in [-0.4, -0.2) is 10.5 Å². The van der Waals surface area contributed by atoms with Crippen molar-refractivity contribution in [3.8, 4) is 6.07 Å². The fraction of sp³-hybridized carbons (Fsp3) is 0.188. The molecular weight excluding hydrogens is 323 g/mol. The number of nitriles is 1. The van der Waals surface area contributed by atoms with Crippen LogP contribution in [0, 0.1) is 42.6 Å². The summed E-state index contributed by atoms with van der Waals surface area (Å²) in [5.41, 5.74) is -0.402. The summed E-state index contributed by atoms with van der Waals surface area (Å²) in [5.74, 6) is -5.44. The Morgan fingerprint density at radius 3 is 2.54 bits per heavy atom. The Kier molecular flexibility index (Phi) is 4.74. The molecule has 0 aliphatic carbocycles. The van der Waals surface area contributed by atoms with Crippen LogP contribution in [0.3, 0.4) is 0 Å². The molecule has 0 aliphatic rings. The van der Waals surface area contributed by atoms with Gasteiger partial charge in [0.05, 0.1) is 5.69 Å². The third-order valence-corrected chi connectivity index (χ3v) is 3.43. The van der Waals surface area contributed by atoms with E-state index in [1.54, 1.807) is 26.0 Å². The van der Waals surface area contributed by atoms with Crippen LogP contribution in [0.2, 0.25) is 0 Å². The molecule has 1 aromatic carbocycles. The number of nitrogens with one attached hydrogen (secondary N) is 1. The highest BCUT2D eigenvalue weighted by Gasteiger charge is 2.17. The summed E-state index contributed by atoms with van der Waals surface area (Å²) in [5, 5.41) is 11.1. The van der Waals surface area contributed by atoms with E-state index in [0.717, 1.165) is 10.6 Å². The van der Waals surface area contributed by atoms with Gasteiger partial charge in [-0.15, -0.1) is 0 Å². The fourth-order valence-corrected chi connectivity index (χ4v) is 2.22. The second kappa shape index (κ2) is 6.58. The molecule has 8 heteroatoms. The number of halogens is 3. The molecule has 0 unspecified atom stereocenters. The topological polar surface area (TPSA) is 74.9 Å². The lowest BCUT2D eigenvalue weighted by Gasteiger charge is -2.12. The Labute approximate surface area is 135 Å². The van der Waals surface area contributed by atoms with E-state index in [2.05, 4.69) is 5.32 Å². The molecule has 0 radical (unpaired) electrons. The molecule has 124 valence electrons. The van der Waals surface area contributed by atoms with Crippen LogP contribution in [0.25, 0.3) is 0 Å². The normalized spacial score (nSPS) is 10.3. The van der Waals surface area contributed by atoms with Crippen molar-refractivity contribution in [2.75, 3.05) is 5.32 Å². The molecule has 2 aromatic rings. The van der Waals surface area contributed by atoms with E-state index in [0.29, 0.717) is 17.3 Å². The third kappa shape index (κ3) is 3.15. The zero-order chi connectivity index (χ0) is 18.0. The number of rotatable bonds is 3. The predicted molar refractivity (Wildman–Crippen MR) is 79.8 cm³/mol. The largest absolute Gasteiger partial charge is 0.322 e. The lowest BCUT2D eigenvalue weighted by Crippen LogP contribution is -2.31. The molecule has 0 saturated carbocycles. The fourth-order valence-electron chi connectivity index (χ4n) is 2.22. The van der Waals surface area contributed by atoms with E-state index in [4.69, 9.17) is 5.26 Å². The van der Waals surface area contributed by atoms with Gasteiger partial charge in [-0.05, 0) is 37.6 Å². The second-order valence-electron chi connectivity index (χ2n) is 5.12. The zero-order valence-corrected chi connectivity index (χ0v) is 12.8. The summed E-state index contributed by atoms with van der Waals surface area (Å²) >= 11 is 0. The molecule has 0 fully saturated rings. The van der Waals surface area contributed by atoms with Crippen LogP contribution in [0.5, 0.6) is 0 Å². The Morgan fingerprint density at radius 1 is 1.25 bits per heavy atom. The first kappa shape index (κ1) is 17.3. The van der Waals surface area contributed by atoms with Gasteiger partial charge in [0.15, 0.2) is 17.5 Å². The van der Waals surface area contributed by atoms with Gasteiger partial charge < -0.3 is 9.88 Å². The third-order valence-electron chi connectivity index (χ3n) is 3.43. The minimum absolute atomic E-state index is 0.104. The highest BCUT2D eigenvalue weighted by Crippen LogP contribution is 2.19. The Bertz CT molecular complexity index is 930. The number of aromatic nitrogens is 1. The molecule has 1 N–H and O–H groups in total. The van der Waals surface area contributed by atoms with Gasteiger partial charge in [0.2, 0.25) is 5.91 Å². The second-order valence-corrected chi connectivity index (χ2v) is 5.12. The van der Waals surface area contributed by atoms with Crippen molar-refractivity contribution in [2.45, 2.75) is 20.4 Å². The number of pyridine rings is 1. The number of nitrogens with zero attached hydrogens (tertiary/aromatic N) is 2. The van der Waals surface area contributed by atoms with Crippen molar-refractivity contribution in [2.24, 2.45) is 0 Å². The highest BCUT2D eigenvalue weighted by atomic mass is 19.2. The average Bonchev–Trinajstić information content (AvgIpc) is 2.52. The molecule has 0 bridgehead atoms. The van der Waals surface area contributed by atoms with E-state index in [1.165, 1.54) is 0 Å². The lowest BCUT2D eigenvalue weighted by atomic mass is 10.1. The number of carbonyl (C=O) groups is 1. The number of benzene rings is 1. The monoisotopic (exact) mass is 335 g/mol. The molecule has 0 aliphatic heterocycles. The van der Waals surface area contributed by atoms with E-state index >= 15 is 0 Å². The maximum atomic E-state index is 13.6. The quantitative estimate of drug-likeness (QED) is 0.875. The minimum Gasteiger partial charge on any atom is -0.322 e. The first-order valence-corrected chi connectivity index (χ1v) is 6.80. The van der Waals surface area contributed by atoms with Crippen LogP contribution in [0.15, 0.2) is 23.0 Å². The SMILES string of the molecule is Cc1cc(C)n(CC(=O)Nc2ccc(F)c(F)c2F)c(=O)c1C#N. The number of hydrogen-bond donors (Lipinski definition) is 1. The van der Waals surface area contributed by atoms with Gasteiger partial charge in [0, 0.05) is 5.69 Å². The van der Waals surface area contributed by atoms with Gasteiger partial charge in [0.25, 0.3) is 5.56 Å². The van der Waals surface area contributed by atoms with E-state index in [9.17, 15) is 22.8 Å². The van der Waals surface area contributed by atoms with Gasteiger partial charge in [-0.3, -0.25) is 9.59 Å². The zero-order valence-electron chi connectivity index (χ0n) is 12.8. The molecule has 0 spiro atoms. The Balaban J connectivity index is 2.31. The van der Waals surface area contributed by atoms with Gasteiger partial charge in [0.1, 0.15) is 18.2 Å². The van der Waals surface area contributed by atoms with Crippen LogP contribution in [-0.2, 0) is 11.3 Å². The Morgan fingerprint density at radius 2 is 1.92 bits per heavy atom. The highest BCUT2D eigenvalue weighted by molar-refractivity contribution is 5.90. The van der Waals surface area contributed by atoms with Gasteiger partial charge >= 0.3 is 0 Å². The molecule has 24 heavy (non-hydrogen) atoms. The summed E-state index contributed by atoms with van der Waals surface area (Å²) < 4.78 is 40.6. The van der Waals surface area contributed by atoms with Crippen molar-refractivity contribution >= 4 is 11.6 Å². The smallest absolute Gasteiger partial charge is 0.269 e. The van der Waals surface area contributed by atoms with E-state index < -0.39 is 41.2 Å². The lowest BCUT2D eigenvalue weighted by molar-refractivity contribution is -0.116. The standard InChI is InChI=1S/C16H12F3N3O2/c1-8-5-9(2)22(16(24)10(8)6-20)7-13(23)21-12-4-3-11(17)14(18)15(12)19/h3-5H,7H2,1-2H3,(H,21,23). The molecule has 5 nitrogen and oxygen atoms in total. The van der Waals surface area contributed by atoms with Crippen molar-refractivity contribution in [1.29, 1.82) is 5.26 Å². The number of carbonyl (C=O) groups excluding carboxylic acids is 1. The summed E-state index contributed by atoms with van der Waals surface area (Å²) in [6.07, 6.45) is 0. The maximum Gasteiger partial charge on any atom is 0.269 e. The first-order chi connectivity index (χ1) is 11.3. The minimum atomic E-state index is -1.71. The van der Waals surface area contributed by atoms with E-state index in [-0.39, 0.29) is 5.56 Å². The number of aryl methyl sites for hydroxylation is 2. The van der Waals surface area contributed by atoms with Crippen molar-refractivity contribution in [3.63, 3.8) is 0 Å². The predicted octanol–water partition coefficient (Wildman–Crippen LogP) is 2.39. The van der Waals surface area contributed by atoms with Crippen LogP contribution in [0.4, 0.5) is 18.9 Å². The first-order valence-electron chi connectivity index (χ1n) is 6.80. The van der Waals surface area contributed by atoms with Crippen LogP contribution in [0.1, 0.15) is 16.8 Å². The molecule has 0 saturated heterocycles. The molecule has 1 amide bonds. The average molecular weight is 335 g/mol. The number of anilines is 1. The van der Waals surface area contributed by atoms with Crippen molar-refractivity contribution in [3.05, 3.63) is 62.8 Å². The van der Waals surface area contributed by atoms with Crippen molar-refractivity contribution < 1.29 is 18.0 Å². The molecule has 2 rings (SSSR count). The van der Waals surface area contributed by atoms with Gasteiger partial charge in [-0.2, -0.15) is 5.26 Å². The molecular formula is C16H12F3N3O2. The van der Waals surface area contributed by atoms with Crippen molar-refractivity contribution in [1.82, 2.24) is 4.57 Å². The Hall–Kier alpha value is -3.08. The molecule has 1 aromatic heterocycles. The molecule has 1 heterocycles. The molecule has 0 atom stereocenters. The summed E-state index contributed by atoms with van der Waals surface area (Å²) in [7, 11) is 0.